The Hall–Kier alpha value is -2.69. The number of aliphatic imine (C=N–C) groups is 1. The zero-order valence-electron chi connectivity index (χ0n) is 10.4. The third-order valence-corrected chi connectivity index (χ3v) is 2.31. The Morgan fingerprint density at radius 1 is 1.05 bits per heavy atom. The Bertz CT molecular complexity index is 509. The molecule has 1 aromatic carbocycles. The number of carbonyl (C=O) groups is 2. The number of benzene rings is 1. The molecule has 5 heteroatoms. The van der Waals surface area contributed by atoms with Gasteiger partial charge in [0, 0.05) is 30.0 Å². The van der Waals surface area contributed by atoms with Gasteiger partial charge < -0.3 is 11.5 Å². The average molecular weight is 257 g/mol. The van der Waals surface area contributed by atoms with Crippen LogP contribution in [0, 0.1) is 0 Å². The third-order valence-electron chi connectivity index (χ3n) is 2.31. The van der Waals surface area contributed by atoms with Crippen LogP contribution < -0.4 is 11.5 Å². The summed E-state index contributed by atoms with van der Waals surface area (Å²) in [6.45, 7) is 3.74. The molecule has 98 valence electrons. The summed E-state index contributed by atoms with van der Waals surface area (Å²) in [7, 11) is 0. The van der Waals surface area contributed by atoms with Crippen molar-refractivity contribution in [1.29, 1.82) is 0 Å². The third kappa shape index (κ3) is 4.99. The van der Waals surface area contributed by atoms with Crippen molar-refractivity contribution in [3.63, 3.8) is 0 Å². The first kappa shape index (κ1) is 14.4. The van der Waals surface area contributed by atoms with Crippen LogP contribution in [0.3, 0.4) is 0 Å². The quantitative estimate of drug-likeness (QED) is 0.837. The van der Waals surface area contributed by atoms with Crippen molar-refractivity contribution in [2.45, 2.75) is 6.42 Å². The number of rotatable bonds is 2. The molecule has 1 heterocycles. The normalized spacial score (nSPS) is 12.5. The van der Waals surface area contributed by atoms with Crippen LogP contribution in [-0.4, -0.2) is 18.0 Å². The van der Waals surface area contributed by atoms with Crippen molar-refractivity contribution < 1.29 is 9.59 Å². The molecule has 0 saturated heterocycles. The molecule has 0 unspecified atom stereocenters. The highest BCUT2D eigenvalue weighted by molar-refractivity contribution is 5.96. The van der Waals surface area contributed by atoms with Crippen molar-refractivity contribution in [1.82, 2.24) is 0 Å². The smallest absolute Gasteiger partial charge is 0.248 e. The van der Waals surface area contributed by atoms with Gasteiger partial charge in [0.15, 0.2) is 0 Å². The average Bonchev–Trinajstić information content (AvgIpc) is 2.40. The van der Waals surface area contributed by atoms with Crippen LogP contribution in [0.4, 0.5) is 0 Å². The lowest BCUT2D eigenvalue weighted by atomic mass is 10.1. The van der Waals surface area contributed by atoms with Gasteiger partial charge in [0.05, 0.1) is 0 Å². The second-order valence-corrected chi connectivity index (χ2v) is 3.82. The largest absolute Gasteiger partial charge is 0.366 e. The van der Waals surface area contributed by atoms with Crippen LogP contribution in [0.25, 0.3) is 0 Å². The van der Waals surface area contributed by atoms with Gasteiger partial charge in [0.2, 0.25) is 11.8 Å². The first-order valence-corrected chi connectivity index (χ1v) is 5.56. The molecular formula is C14H15N3O2. The van der Waals surface area contributed by atoms with Crippen LogP contribution >= 0.6 is 0 Å². The fourth-order valence-corrected chi connectivity index (χ4v) is 1.25. The van der Waals surface area contributed by atoms with Crippen LogP contribution in [0.2, 0.25) is 0 Å². The lowest BCUT2D eigenvalue weighted by molar-refractivity contribution is 0.0988. The number of hydrogen-bond acceptors (Lipinski definition) is 3. The van der Waals surface area contributed by atoms with Crippen LogP contribution in [0.15, 0.2) is 53.7 Å². The van der Waals surface area contributed by atoms with Gasteiger partial charge in [0.1, 0.15) is 0 Å². The zero-order chi connectivity index (χ0) is 14.3. The minimum Gasteiger partial charge on any atom is -0.366 e. The SMILES string of the molecule is C=C1C=CN=CC1.NC(=O)c1ccc(C(N)=O)cc1. The number of amides is 2. The highest BCUT2D eigenvalue weighted by atomic mass is 16.1. The van der Waals surface area contributed by atoms with E-state index < -0.39 is 11.8 Å². The predicted molar refractivity (Wildman–Crippen MR) is 74.9 cm³/mol. The van der Waals surface area contributed by atoms with E-state index in [2.05, 4.69) is 11.6 Å². The number of nitrogens with two attached hydrogens (primary N) is 2. The van der Waals surface area contributed by atoms with E-state index in [1.165, 1.54) is 24.3 Å². The molecule has 0 saturated carbocycles. The molecular weight excluding hydrogens is 242 g/mol. The van der Waals surface area contributed by atoms with Gasteiger partial charge in [-0.05, 0) is 35.9 Å². The summed E-state index contributed by atoms with van der Waals surface area (Å²) in [6.07, 6.45) is 6.44. The summed E-state index contributed by atoms with van der Waals surface area (Å²) >= 11 is 0. The molecule has 0 spiro atoms. The Balaban J connectivity index is 0.000000218. The van der Waals surface area contributed by atoms with E-state index in [1.54, 1.807) is 6.20 Å². The number of hydrogen-bond donors (Lipinski definition) is 2. The summed E-state index contributed by atoms with van der Waals surface area (Å²) in [5, 5.41) is 0. The minimum absolute atomic E-state index is 0.361. The van der Waals surface area contributed by atoms with Crippen LogP contribution in [-0.2, 0) is 0 Å². The van der Waals surface area contributed by atoms with E-state index in [4.69, 9.17) is 11.5 Å². The molecule has 0 fully saturated rings. The molecule has 0 aliphatic carbocycles. The fraction of sp³-hybridized carbons (Fsp3) is 0.0714. The highest BCUT2D eigenvalue weighted by Gasteiger charge is 2.02. The van der Waals surface area contributed by atoms with Gasteiger partial charge in [-0.3, -0.25) is 14.6 Å². The standard InChI is InChI=1S/C8H8N2O2.C6H7N/c9-7(11)5-1-2-6(4-3-5)8(10)12;1-6-2-4-7-5-3-6/h1-4H,(H2,9,11)(H2,10,12);2,4-5H,1,3H2. The van der Waals surface area contributed by atoms with Gasteiger partial charge >= 0.3 is 0 Å². The summed E-state index contributed by atoms with van der Waals surface area (Å²) in [4.78, 5) is 25.0. The molecule has 0 bridgehead atoms. The molecule has 4 N–H and O–H groups in total. The maximum atomic E-state index is 10.6. The van der Waals surface area contributed by atoms with E-state index >= 15 is 0 Å². The van der Waals surface area contributed by atoms with E-state index in [0.717, 1.165) is 12.0 Å². The maximum Gasteiger partial charge on any atom is 0.248 e. The topological polar surface area (TPSA) is 98.5 Å². The van der Waals surface area contributed by atoms with Crippen LogP contribution in [0.1, 0.15) is 27.1 Å². The van der Waals surface area contributed by atoms with Crippen molar-refractivity contribution in [3.05, 3.63) is 59.8 Å². The number of primary amides is 2. The van der Waals surface area contributed by atoms with Crippen molar-refractivity contribution in [3.8, 4) is 0 Å². The maximum absolute atomic E-state index is 10.6. The molecule has 1 aromatic rings. The molecule has 5 nitrogen and oxygen atoms in total. The molecule has 2 rings (SSSR count). The van der Waals surface area contributed by atoms with Gasteiger partial charge in [-0.25, -0.2) is 0 Å². The van der Waals surface area contributed by atoms with Gasteiger partial charge in [-0.15, -0.1) is 0 Å². The van der Waals surface area contributed by atoms with Crippen molar-refractivity contribution >= 4 is 18.0 Å². The predicted octanol–water partition coefficient (Wildman–Crippen LogP) is 1.42. The summed E-state index contributed by atoms with van der Waals surface area (Å²) in [5.74, 6) is -1.04. The Morgan fingerprint density at radius 2 is 1.53 bits per heavy atom. The highest BCUT2D eigenvalue weighted by Crippen LogP contribution is 2.02. The van der Waals surface area contributed by atoms with E-state index in [-0.39, 0.29) is 0 Å². The molecule has 1 aliphatic heterocycles. The molecule has 0 radical (unpaired) electrons. The summed E-state index contributed by atoms with van der Waals surface area (Å²) < 4.78 is 0. The zero-order valence-corrected chi connectivity index (χ0v) is 10.4. The Labute approximate surface area is 111 Å². The van der Waals surface area contributed by atoms with Crippen molar-refractivity contribution in [2.75, 3.05) is 0 Å². The summed E-state index contributed by atoms with van der Waals surface area (Å²) in [6, 6.07) is 5.84. The molecule has 2 amide bonds. The van der Waals surface area contributed by atoms with Gasteiger partial charge in [0.25, 0.3) is 0 Å². The number of carbonyl (C=O) groups excluding carboxylic acids is 2. The Kier molecular flexibility index (Phi) is 5.22. The monoisotopic (exact) mass is 257 g/mol. The molecule has 19 heavy (non-hydrogen) atoms. The first-order chi connectivity index (χ1) is 9.00. The van der Waals surface area contributed by atoms with Gasteiger partial charge in [-0.2, -0.15) is 0 Å². The van der Waals surface area contributed by atoms with Crippen LogP contribution in [0.5, 0.6) is 0 Å². The van der Waals surface area contributed by atoms with E-state index in [1.807, 2.05) is 12.3 Å². The van der Waals surface area contributed by atoms with E-state index in [0.29, 0.717) is 11.1 Å². The Morgan fingerprint density at radius 3 is 1.74 bits per heavy atom. The molecule has 0 atom stereocenters. The fourth-order valence-electron chi connectivity index (χ4n) is 1.25. The second-order valence-electron chi connectivity index (χ2n) is 3.82. The second kappa shape index (κ2) is 6.90. The summed E-state index contributed by atoms with van der Waals surface area (Å²) in [5.41, 5.74) is 11.8. The minimum atomic E-state index is -0.522. The molecule has 0 aromatic heterocycles. The lowest BCUT2D eigenvalue weighted by Crippen LogP contribution is -2.13. The van der Waals surface area contributed by atoms with Crippen molar-refractivity contribution in [2.24, 2.45) is 16.5 Å². The molecule has 1 aliphatic rings. The first-order valence-electron chi connectivity index (χ1n) is 5.56. The van der Waals surface area contributed by atoms with Gasteiger partial charge in [-0.1, -0.05) is 6.58 Å². The number of nitrogens with zero attached hydrogens (tertiary/aromatic N) is 1. The number of allylic oxidation sites excluding steroid dienone is 2. The van der Waals surface area contributed by atoms with E-state index in [9.17, 15) is 9.59 Å². The lowest BCUT2D eigenvalue weighted by Gasteiger charge is -1.96.